The SMILES string of the molecule is COC(=O)[C@H]1CC[C@H](c2ccc(OCCc3nc(-c4ccccc4)oc3C)cc2)N1Cc1ccc(Oc2ccccc2)cc1. The zero-order chi connectivity index (χ0) is 30.3. The first-order valence-corrected chi connectivity index (χ1v) is 15.0. The number of para-hydroxylation sites is 1. The molecule has 0 unspecified atom stereocenters. The van der Waals surface area contributed by atoms with Crippen LogP contribution in [0.15, 0.2) is 114 Å². The molecule has 0 bridgehead atoms. The van der Waals surface area contributed by atoms with Crippen LogP contribution in [0.3, 0.4) is 0 Å². The lowest BCUT2D eigenvalue weighted by atomic mass is 10.0. The van der Waals surface area contributed by atoms with E-state index in [1.165, 1.54) is 7.11 Å². The zero-order valence-electron chi connectivity index (χ0n) is 25.0. The number of nitrogens with zero attached hydrogens (tertiary/aromatic N) is 2. The fourth-order valence-electron chi connectivity index (χ4n) is 5.75. The van der Waals surface area contributed by atoms with E-state index in [4.69, 9.17) is 18.6 Å². The van der Waals surface area contributed by atoms with Crippen LogP contribution >= 0.6 is 0 Å². The molecular weight excluding hydrogens is 552 g/mol. The molecule has 0 radical (unpaired) electrons. The second-order valence-electron chi connectivity index (χ2n) is 10.9. The molecule has 2 atom stereocenters. The molecule has 0 amide bonds. The van der Waals surface area contributed by atoms with Crippen LogP contribution in [-0.4, -0.2) is 35.6 Å². The number of carbonyl (C=O) groups excluding carboxylic acids is 1. The monoisotopic (exact) mass is 588 g/mol. The normalized spacial score (nSPS) is 16.5. The minimum atomic E-state index is -0.298. The number of likely N-dealkylation sites (tertiary alicyclic amines) is 1. The third-order valence-electron chi connectivity index (χ3n) is 8.04. The largest absolute Gasteiger partial charge is 0.493 e. The minimum Gasteiger partial charge on any atom is -0.493 e. The number of aryl methyl sites for hydroxylation is 1. The van der Waals surface area contributed by atoms with Gasteiger partial charge in [0.05, 0.1) is 19.4 Å². The Morgan fingerprint density at radius 2 is 1.50 bits per heavy atom. The molecule has 1 aliphatic rings. The lowest BCUT2D eigenvalue weighted by Gasteiger charge is -2.29. The molecule has 0 N–H and O–H groups in total. The highest BCUT2D eigenvalue weighted by molar-refractivity contribution is 5.76. The minimum absolute atomic E-state index is 0.0857. The van der Waals surface area contributed by atoms with Gasteiger partial charge in [-0.05, 0) is 79.4 Å². The van der Waals surface area contributed by atoms with Crippen molar-refractivity contribution in [3.8, 4) is 28.7 Å². The Bertz CT molecular complexity index is 1650. The number of ether oxygens (including phenoxy) is 3. The molecule has 7 nitrogen and oxygen atoms in total. The van der Waals surface area contributed by atoms with E-state index >= 15 is 0 Å². The first-order chi connectivity index (χ1) is 21.6. The lowest BCUT2D eigenvalue weighted by molar-refractivity contribution is -0.146. The van der Waals surface area contributed by atoms with E-state index in [1.54, 1.807) is 0 Å². The van der Waals surface area contributed by atoms with E-state index in [1.807, 2.05) is 91.9 Å². The number of esters is 1. The summed E-state index contributed by atoms with van der Waals surface area (Å²) < 4.78 is 23.1. The van der Waals surface area contributed by atoms with E-state index < -0.39 is 0 Å². The fourth-order valence-corrected chi connectivity index (χ4v) is 5.75. The zero-order valence-corrected chi connectivity index (χ0v) is 25.0. The van der Waals surface area contributed by atoms with Crippen molar-refractivity contribution in [3.05, 3.63) is 132 Å². The number of aromatic nitrogens is 1. The topological polar surface area (TPSA) is 74.0 Å². The van der Waals surface area contributed by atoms with Gasteiger partial charge in [-0.25, -0.2) is 4.98 Å². The average Bonchev–Trinajstić information content (AvgIpc) is 3.66. The van der Waals surface area contributed by atoms with E-state index in [-0.39, 0.29) is 18.1 Å². The Balaban J connectivity index is 1.09. The molecule has 4 aromatic carbocycles. The van der Waals surface area contributed by atoms with Gasteiger partial charge in [0, 0.05) is 24.6 Å². The number of rotatable bonds is 11. The van der Waals surface area contributed by atoms with Crippen molar-refractivity contribution in [1.29, 1.82) is 0 Å². The van der Waals surface area contributed by atoms with Gasteiger partial charge in [-0.2, -0.15) is 0 Å². The first-order valence-electron chi connectivity index (χ1n) is 15.0. The Kier molecular flexibility index (Phi) is 9.03. The van der Waals surface area contributed by atoms with E-state index in [0.29, 0.717) is 25.5 Å². The molecule has 44 heavy (non-hydrogen) atoms. The van der Waals surface area contributed by atoms with Crippen LogP contribution < -0.4 is 9.47 Å². The third kappa shape index (κ3) is 6.84. The molecule has 7 heteroatoms. The van der Waals surface area contributed by atoms with Crippen molar-refractivity contribution in [2.75, 3.05) is 13.7 Å². The Morgan fingerprint density at radius 1 is 0.841 bits per heavy atom. The van der Waals surface area contributed by atoms with Crippen LogP contribution in [0.2, 0.25) is 0 Å². The van der Waals surface area contributed by atoms with Crippen LogP contribution in [0.25, 0.3) is 11.5 Å². The van der Waals surface area contributed by atoms with Crippen molar-refractivity contribution in [3.63, 3.8) is 0 Å². The molecule has 1 saturated heterocycles. The van der Waals surface area contributed by atoms with Crippen molar-refractivity contribution in [1.82, 2.24) is 9.88 Å². The molecule has 1 aromatic heterocycles. The number of carbonyl (C=O) groups is 1. The standard InChI is InChI=1S/C37H36N2O5/c1-26-33(38-36(43-26)29-9-5-3-6-10-29)23-24-42-30-19-15-28(16-20-30)34-21-22-35(37(40)41-2)39(34)25-27-13-17-32(18-14-27)44-31-11-7-4-8-12-31/h3-20,34-35H,21-25H2,1-2H3/t34-,35-/m1/s1. The summed E-state index contributed by atoms with van der Waals surface area (Å²) in [5.41, 5.74) is 4.11. The van der Waals surface area contributed by atoms with Crippen molar-refractivity contribution in [2.24, 2.45) is 0 Å². The smallest absolute Gasteiger partial charge is 0.323 e. The van der Waals surface area contributed by atoms with Crippen molar-refractivity contribution in [2.45, 2.75) is 44.8 Å². The fraction of sp³-hybridized carbons (Fsp3) is 0.243. The Hall–Kier alpha value is -4.88. The number of hydrogen-bond donors (Lipinski definition) is 0. The highest BCUT2D eigenvalue weighted by Gasteiger charge is 2.39. The summed E-state index contributed by atoms with van der Waals surface area (Å²) in [5, 5.41) is 0. The number of methoxy groups -OCH3 is 1. The summed E-state index contributed by atoms with van der Waals surface area (Å²) in [7, 11) is 1.46. The highest BCUT2D eigenvalue weighted by Crippen LogP contribution is 2.38. The van der Waals surface area contributed by atoms with Crippen LogP contribution in [-0.2, 0) is 22.5 Å². The summed E-state index contributed by atoms with van der Waals surface area (Å²) in [6, 6.07) is 35.6. The van der Waals surface area contributed by atoms with Crippen LogP contribution in [0.4, 0.5) is 0 Å². The van der Waals surface area contributed by atoms with Crippen LogP contribution in [0.1, 0.15) is 41.5 Å². The van der Waals surface area contributed by atoms with Gasteiger partial charge >= 0.3 is 5.97 Å². The third-order valence-corrected chi connectivity index (χ3v) is 8.04. The predicted molar refractivity (Wildman–Crippen MR) is 169 cm³/mol. The molecular formula is C37H36N2O5. The Morgan fingerprint density at radius 3 is 2.20 bits per heavy atom. The molecule has 6 rings (SSSR count). The number of benzene rings is 4. The van der Waals surface area contributed by atoms with Gasteiger partial charge in [-0.3, -0.25) is 9.69 Å². The summed E-state index contributed by atoms with van der Waals surface area (Å²) in [4.78, 5) is 19.6. The summed E-state index contributed by atoms with van der Waals surface area (Å²) in [5.74, 6) is 3.60. The molecule has 224 valence electrons. The summed E-state index contributed by atoms with van der Waals surface area (Å²) in [6.45, 7) is 3.05. The second-order valence-corrected chi connectivity index (χ2v) is 10.9. The molecule has 5 aromatic rings. The predicted octanol–water partition coefficient (Wildman–Crippen LogP) is 7.94. The highest BCUT2D eigenvalue weighted by atomic mass is 16.5. The summed E-state index contributed by atoms with van der Waals surface area (Å²) in [6.07, 6.45) is 2.26. The molecule has 2 heterocycles. The first kappa shape index (κ1) is 29.2. The lowest BCUT2D eigenvalue weighted by Crippen LogP contribution is -2.37. The van der Waals surface area contributed by atoms with Gasteiger partial charge < -0.3 is 18.6 Å². The molecule has 1 aliphatic heterocycles. The number of oxazole rings is 1. The van der Waals surface area contributed by atoms with Gasteiger partial charge in [0.2, 0.25) is 5.89 Å². The summed E-state index contributed by atoms with van der Waals surface area (Å²) >= 11 is 0. The maximum atomic E-state index is 12.7. The molecule has 0 spiro atoms. The Labute approximate surface area is 258 Å². The molecule has 1 fully saturated rings. The van der Waals surface area contributed by atoms with Crippen molar-refractivity contribution < 1.29 is 23.4 Å². The van der Waals surface area contributed by atoms with E-state index in [9.17, 15) is 4.79 Å². The second kappa shape index (κ2) is 13.6. The van der Waals surface area contributed by atoms with Crippen LogP contribution in [0, 0.1) is 6.92 Å². The average molecular weight is 589 g/mol. The van der Waals surface area contributed by atoms with Gasteiger partial charge in [-0.15, -0.1) is 0 Å². The van der Waals surface area contributed by atoms with Gasteiger partial charge in [0.1, 0.15) is 29.1 Å². The van der Waals surface area contributed by atoms with E-state index in [0.717, 1.165) is 58.2 Å². The van der Waals surface area contributed by atoms with Gasteiger partial charge in [0.15, 0.2) is 0 Å². The molecule has 0 aliphatic carbocycles. The van der Waals surface area contributed by atoms with Gasteiger partial charge in [0.25, 0.3) is 0 Å². The quantitative estimate of drug-likeness (QED) is 0.145. The van der Waals surface area contributed by atoms with E-state index in [2.05, 4.69) is 34.1 Å². The van der Waals surface area contributed by atoms with Crippen molar-refractivity contribution >= 4 is 5.97 Å². The maximum Gasteiger partial charge on any atom is 0.323 e. The van der Waals surface area contributed by atoms with Crippen LogP contribution in [0.5, 0.6) is 17.2 Å². The molecule has 0 saturated carbocycles. The number of hydrogen-bond acceptors (Lipinski definition) is 7. The maximum absolute atomic E-state index is 12.7. The van der Waals surface area contributed by atoms with Gasteiger partial charge in [-0.1, -0.05) is 60.7 Å².